The molecule has 0 aliphatic carbocycles. The Kier molecular flexibility index (Phi) is 3.93. The highest BCUT2D eigenvalue weighted by Crippen LogP contribution is 2.35. The summed E-state index contributed by atoms with van der Waals surface area (Å²) in [5.74, 6) is 1.40. The lowest BCUT2D eigenvalue weighted by Crippen LogP contribution is -2.50. The van der Waals surface area contributed by atoms with Crippen molar-refractivity contribution in [1.82, 2.24) is 5.32 Å². The zero-order chi connectivity index (χ0) is 13.2. The number of methoxy groups -OCH3 is 1. The maximum atomic E-state index is 10.9. The first-order valence-corrected chi connectivity index (χ1v) is 6.65. The van der Waals surface area contributed by atoms with E-state index in [2.05, 4.69) is 12.2 Å². The van der Waals surface area contributed by atoms with E-state index < -0.39 is 5.60 Å². The van der Waals surface area contributed by atoms with E-state index in [1.807, 2.05) is 31.2 Å². The molecule has 0 aromatic heterocycles. The molecule has 1 aromatic rings. The van der Waals surface area contributed by atoms with Gasteiger partial charge >= 0.3 is 0 Å². The zero-order valence-corrected chi connectivity index (χ0v) is 11.4. The molecular formula is C15H23NO2. The summed E-state index contributed by atoms with van der Waals surface area (Å²) in [6, 6.07) is 7.79. The van der Waals surface area contributed by atoms with Crippen molar-refractivity contribution < 1.29 is 9.84 Å². The van der Waals surface area contributed by atoms with Gasteiger partial charge in [0, 0.05) is 11.6 Å². The molecule has 0 bridgehead atoms. The Balaban J connectivity index is 2.28. The van der Waals surface area contributed by atoms with Crippen LogP contribution in [0.3, 0.4) is 0 Å². The van der Waals surface area contributed by atoms with Crippen LogP contribution in [0, 0.1) is 5.92 Å². The Morgan fingerprint density at radius 2 is 2.11 bits per heavy atom. The van der Waals surface area contributed by atoms with Crippen LogP contribution in [0.1, 0.15) is 32.3 Å². The summed E-state index contributed by atoms with van der Waals surface area (Å²) in [5.41, 5.74) is -0.0412. The highest BCUT2D eigenvalue weighted by atomic mass is 16.5. The topological polar surface area (TPSA) is 41.5 Å². The predicted octanol–water partition coefficient (Wildman–Crippen LogP) is 2.29. The quantitative estimate of drug-likeness (QED) is 0.863. The first kappa shape index (κ1) is 13.4. The van der Waals surface area contributed by atoms with Crippen molar-refractivity contribution in [1.29, 1.82) is 0 Å². The number of para-hydroxylation sites is 1. The third kappa shape index (κ3) is 2.52. The van der Waals surface area contributed by atoms with Crippen LogP contribution in [0.4, 0.5) is 0 Å². The smallest absolute Gasteiger partial charge is 0.124 e. The third-order valence-electron chi connectivity index (χ3n) is 4.00. The van der Waals surface area contributed by atoms with E-state index in [-0.39, 0.29) is 6.04 Å². The monoisotopic (exact) mass is 249 g/mol. The molecule has 18 heavy (non-hydrogen) atoms. The third-order valence-corrected chi connectivity index (χ3v) is 4.00. The minimum atomic E-state index is -0.902. The van der Waals surface area contributed by atoms with E-state index in [9.17, 15) is 5.11 Å². The summed E-state index contributed by atoms with van der Waals surface area (Å²) in [6.07, 6.45) is 2.17. The number of hydrogen-bond acceptors (Lipinski definition) is 3. The molecule has 0 radical (unpaired) electrons. The van der Waals surface area contributed by atoms with Gasteiger partial charge in [0.1, 0.15) is 11.4 Å². The molecule has 0 spiro atoms. The molecule has 1 heterocycles. The normalized spacial score (nSPS) is 27.6. The maximum absolute atomic E-state index is 10.9. The number of nitrogens with one attached hydrogen (secondary N) is 1. The van der Waals surface area contributed by atoms with E-state index >= 15 is 0 Å². The van der Waals surface area contributed by atoms with Gasteiger partial charge in [0.2, 0.25) is 0 Å². The second-order valence-corrected chi connectivity index (χ2v) is 5.48. The van der Waals surface area contributed by atoms with Crippen LogP contribution in [0.5, 0.6) is 5.75 Å². The van der Waals surface area contributed by atoms with Gasteiger partial charge in [0.05, 0.1) is 7.11 Å². The second-order valence-electron chi connectivity index (χ2n) is 5.48. The summed E-state index contributed by atoms with van der Waals surface area (Å²) in [6.45, 7) is 5.09. The van der Waals surface area contributed by atoms with Gasteiger partial charge in [-0.15, -0.1) is 0 Å². The Hall–Kier alpha value is -1.06. The van der Waals surface area contributed by atoms with Crippen LogP contribution < -0.4 is 10.1 Å². The molecule has 2 N–H and O–H groups in total. The fourth-order valence-corrected chi connectivity index (χ4v) is 2.79. The van der Waals surface area contributed by atoms with Crippen LogP contribution in [0.15, 0.2) is 24.3 Å². The minimum Gasteiger partial charge on any atom is -0.496 e. The highest BCUT2D eigenvalue weighted by Gasteiger charge is 2.37. The van der Waals surface area contributed by atoms with E-state index in [4.69, 9.17) is 4.74 Å². The number of rotatable bonds is 3. The number of ether oxygens (including phenoxy) is 1. The van der Waals surface area contributed by atoms with Gasteiger partial charge in [-0.25, -0.2) is 0 Å². The average Bonchev–Trinajstić information content (AvgIpc) is 2.38. The molecule has 0 amide bonds. The summed E-state index contributed by atoms with van der Waals surface area (Å²) >= 11 is 0. The Morgan fingerprint density at radius 3 is 2.78 bits per heavy atom. The number of hydrogen-bond donors (Lipinski definition) is 2. The van der Waals surface area contributed by atoms with E-state index in [0.717, 1.165) is 24.3 Å². The maximum Gasteiger partial charge on any atom is 0.124 e. The van der Waals surface area contributed by atoms with E-state index in [0.29, 0.717) is 5.92 Å². The minimum absolute atomic E-state index is 0.0811. The molecule has 1 aliphatic rings. The largest absolute Gasteiger partial charge is 0.496 e. The molecule has 0 saturated carbocycles. The van der Waals surface area contributed by atoms with Gasteiger partial charge in [-0.2, -0.15) is 0 Å². The van der Waals surface area contributed by atoms with Crippen molar-refractivity contribution in [3.05, 3.63) is 29.8 Å². The van der Waals surface area contributed by atoms with Crippen LogP contribution >= 0.6 is 0 Å². The van der Waals surface area contributed by atoms with Gasteiger partial charge in [0.25, 0.3) is 0 Å². The fraction of sp³-hybridized carbons (Fsp3) is 0.600. The lowest BCUT2D eigenvalue weighted by molar-refractivity contribution is -0.00321. The SMILES string of the molecule is COc1ccccc1C(C)(O)C1CC(C)CCN1. The molecule has 3 atom stereocenters. The number of piperidine rings is 1. The van der Waals surface area contributed by atoms with Crippen LogP contribution in [0.2, 0.25) is 0 Å². The Morgan fingerprint density at radius 1 is 1.39 bits per heavy atom. The Bertz CT molecular complexity index is 403. The van der Waals surface area contributed by atoms with Crippen molar-refractivity contribution in [3.63, 3.8) is 0 Å². The van der Waals surface area contributed by atoms with E-state index in [1.54, 1.807) is 7.11 Å². The molecule has 1 fully saturated rings. The summed E-state index contributed by atoms with van der Waals surface area (Å²) in [4.78, 5) is 0. The number of benzene rings is 1. The standard InChI is InChI=1S/C15H23NO2/c1-11-8-9-16-14(10-11)15(2,17)12-6-4-5-7-13(12)18-3/h4-7,11,14,16-17H,8-10H2,1-3H3. The van der Waals surface area contributed by atoms with Gasteiger partial charge in [-0.3, -0.25) is 0 Å². The van der Waals surface area contributed by atoms with Crippen molar-refractivity contribution in [3.8, 4) is 5.75 Å². The average molecular weight is 249 g/mol. The summed E-state index contributed by atoms with van der Waals surface area (Å²) in [7, 11) is 1.64. The lowest BCUT2D eigenvalue weighted by atomic mass is 9.80. The van der Waals surface area contributed by atoms with Crippen LogP contribution in [0.25, 0.3) is 0 Å². The summed E-state index contributed by atoms with van der Waals surface area (Å²) in [5, 5.41) is 14.3. The number of aliphatic hydroxyl groups is 1. The highest BCUT2D eigenvalue weighted by molar-refractivity contribution is 5.38. The molecule has 3 heteroatoms. The van der Waals surface area contributed by atoms with Crippen LogP contribution in [-0.4, -0.2) is 24.8 Å². The molecule has 2 rings (SSSR count). The second kappa shape index (κ2) is 5.29. The lowest BCUT2D eigenvalue weighted by Gasteiger charge is -2.39. The molecule has 1 aromatic carbocycles. The fourth-order valence-electron chi connectivity index (χ4n) is 2.79. The van der Waals surface area contributed by atoms with Crippen LogP contribution in [-0.2, 0) is 5.60 Å². The van der Waals surface area contributed by atoms with Gasteiger partial charge < -0.3 is 15.2 Å². The van der Waals surface area contributed by atoms with Crippen molar-refractivity contribution in [2.45, 2.75) is 38.3 Å². The zero-order valence-electron chi connectivity index (χ0n) is 11.4. The van der Waals surface area contributed by atoms with Crippen molar-refractivity contribution in [2.24, 2.45) is 5.92 Å². The summed E-state index contributed by atoms with van der Waals surface area (Å²) < 4.78 is 5.36. The van der Waals surface area contributed by atoms with Gasteiger partial charge in [0.15, 0.2) is 0 Å². The Labute approximate surface area is 109 Å². The molecule has 100 valence electrons. The molecule has 1 saturated heterocycles. The van der Waals surface area contributed by atoms with Crippen molar-refractivity contribution in [2.75, 3.05) is 13.7 Å². The van der Waals surface area contributed by atoms with Gasteiger partial charge in [-0.05, 0) is 38.3 Å². The van der Waals surface area contributed by atoms with Gasteiger partial charge in [-0.1, -0.05) is 25.1 Å². The van der Waals surface area contributed by atoms with E-state index in [1.165, 1.54) is 6.42 Å². The predicted molar refractivity (Wildman–Crippen MR) is 72.8 cm³/mol. The molecule has 3 nitrogen and oxygen atoms in total. The van der Waals surface area contributed by atoms with Crippen molar-refractivity contribution >= 4 is 0 Å². The molecular weight excluding hydrogens is 226 g/mol. The molecule has 3 unspecified atom stereocenters. The molecule has 1 aliphatic heterocycles. The first-order valence-electron chi connectivity index (χ1n) is 6.65. The first-order chi connectivity index (χ1) is 8.55.